The zero-order valence-electron chi connectivity index (χ0n) is 13.5. The average molecular weight is 396 g/mol. The van der Waals surface area contributed by atoms with Gasteiger partial charge in [-0.3, -0.25) is 5.10 Å². The molecule has 1 N–H and O–H groups in total. The van der Waals surface area contributed by atoms with Crippen LogP contribution in [0.15, 0.2) is 41.6 Å². The van der Waals surface area contributed by atoms with Crippen molar-refractivity contribution in [1.82, 2.24) is 15.2 Å². The molecule has 25 heavy (non-hydrogen) atoms. The third-order valence-electron chi connectivity index (χ3n) is 3.48. The summed E-state index contributed by atoms with van der Waals surface area (Å²) in [5.41, 5.74) is 1.74. The van der Waals surface area contributed by atoms with Crippen LogP contribution in [0.25, 0.3) is 11.4 Å². The van der Waals surface area contributed by atoms with Gasteiger partial charge in [0.05, 0.1) is 19.8 Å². The minimum Gasteiger partial charge on any atom is -0.496 e. The van der Waals surface area contributed by atoms with E-state index in [4.69, 9.17) is 32.7 Å². The van der Waals surface area contributed by atoms with Crippen LogP contribution in [0.2, 0.25) is 10.0 Å². The van der Waals surface area contributed by atoms with Crippen LogP contribution in [0.1, 0.15) is 5.56 Å². The maximum atomic E-state index is 6.07. The molecule has 0 saturated heterocycles. The van der Waals surface area contributed by atoms with Gasteiger partial charge in [0.1, 0.15) is 11.5 Å². The van der Waals surface area contributed by atoms with E-state index >= 15 is 0 Å². The molecule has 0 aliphatic rings. The van der Waals surface area contributed by atoms with Crippen molar-refractivity contribution in [3.05, 3.63) is 52.0 Å². The van der Waals surface area contributed by atoms with Gasteiger partial charge in [-0.05, 0) is 36.4 Å². The predicted molar refractivity (Wildman–Crippen MR) is 101 cm³/mol. The summed E-state index contributed by atoms with van der Waals surface area (Å²) < 4.78 is 10.7. The number of methoxy groups -OCH3 is 2. The smallest absolute Gasteiger partial charge is 0.209 e. The van der Waals surface area contributed by atoms with Gasteiger partial charge in [-0.2, -0.15) is 0 Å². The van der Waals surface area contributed by atoms with Gasteiger partial charge in [0.15, 0.2) is 5.82 Å². The summed E-state index contributed by atoms with van der Waals surface area (Å²) in [6.45, 7) is 0. The highest BCUT2D eigenvalue weighted by Crippen LogP contribution is 2.32. The first-order valence-electron chi connectivity index (χ1n) is 7.32. The lowest BCUT2D eigenvalue weighted by molar-refractivity contribution is 0.411. The van der Waals surface area contributed by atoms with Crippen LogP contribution in [-0.2, 0) is 5.75 Å². The minimum absolute atomic E-state index is 0.597. The van der Waals surface area contributed by atoms with Crippen LogP contribution >= 0.6 is 35.0 Å². The first-order chi connectivity index (χ1) is 12.1. The van der Waals surface area contributed by atoms with Crippen molar-refractivity contribution >= 4 is 35.0 Å². The molecule has 0 fully saturated rings. The van der Waals surface area contributed by atoms with Crippen molar-refractivity contribution in [2.24, 2.45) is 0 Å². The summed E-state index contributed by atoms with van der Waals surface area (Å²) >= 11 is 13.6. The molecule has 0 aliphatic heterocycles. The predicted octanol–water partition coefficient (Wildman–Crippen LogP) is 5.09. The van der Waals surface area contributed by atoms with E-state index < -0.39 is 0 Å². The fourth-order valence-electron chi connectivity index (χ4n) is 2.30. The fraction of sp³-hybridized carbons (Fsp3) is 0.176. The van der Waals surface area contributed by atoms with Crippen LogP contribution in [-0.4, -0.2) is 29.4 Å². The summed E-state index contributed by atoms with van der Waals surface area (Å²) in [6, 6.07) is 10.9. The number of H-pyrrole nitrogens is 1. The SMILES string of the molecule is COc1ccc(Cl)cc1CSc1n[nH]c(-c2cc(Cl)ccc2OC)n1. The first-order valence-corrected chi connectivity index (χ1v) is 9.06. The second-order valence-electron chi connectivity index (χ2n) is 5.06. The van der Waals surface area contributed by atoms with E-state index in [9.17, 15) is 0 Å². The molecular formula is C17H15Cl2N3O2S. The van der Waals surface area contributed by atoms with E-state index in [1.54, 1.807) is 38.5 Å². The topological polar surface area (TPSA) is 60.0 Å². The molecule has 1 aromatic heterocycles. The number of halogens is 2. The normalized spacial score (nSPS) is 10.7. The Bertz CT molecular complexity index is 886. The molecule has 3 aromatic rings. The third kappa shape index (κ3) is 4.21. The minimum atomic E-state index is 0.597. The molecule has 5 nitrogen and oxygen atoms in total. The summed E-state index contributed by atoms with van der Waals surface area (Å²) in [4.78, 5) is 4.51. The summed E-state index contributed by atoms with van der Waals surface area (Å²) in [7, 11) is 3.23. The van der Waals surface area contributed by atoms with Crippen molar-refractivity contribution in [3.63, 3.8) is 0 Å². The molecule has 0 spiro atoms. The van der Waals surface area contributed by atoms with Gasteiger partial charge in [0.2, 0.25) is 5.16 Å². The average Bonchev–Trinajstić information content (AvgIpc) is 3.09. The van der Waals surface area contributed by atoms with Crippen LogP contribution in [0.4, 0.5) is 0 Å². The van der Waals surface area contributed by atoms with E-state index in [0.29, 0.717) is 32.5 Å². The molecule has 0 radical (unpaired) electrons. The van der Waals surface area contributed by atoms with Gasteiger partial charge < -0.3 is 9.47 Å². The Morgan fingerprint density at radius 1 is 1.00 bits per heavy atom. The zero-order valence-corrected chi connectivity index (χ0v) is 15.9. The molecule has 2 aromatic carbocycles. The highest BCUT2D eigenvalue weighted by Gasteiger charge is 2.13. The number of hydrogen-bond donors (Lipinski definition) is 1. The number of nitrogens with one attached hydrogen (secondary N) is 1. The molecule has 0 aliphatic carbocycles. The number of hydrogen-bond acceptors (Lipinski definition) is 5. The Morgan fingerprint density at radius 2 is 1.68 bits per heavy atom. The Hall–Kier alpha value is -1.89. The van der Waals surface area contributed by atoms with Crippen LogP contribution in [0.3, 0.4) is 0 Å². The maximum absolute atomic E-state index is 6.07. The van der Waals surface area contributed by atoms with Gasteiger partial charge >= 0.3 is 0 Å². The van der Waals surface area contributed by atoms with Gasteiger partial charge in [-0.15, -0.1) is 5.10 Å². The molecule has 1 heterocycles. The Morgan fingerprint density at radius 3 is 2.40 bits per heavy atom. The lowest BCUT2D eigenvalue weighted by atomic mass is 10.2. The number of nitrogens with zero attached hydrogens (tertiary/aromatic N) is 2. The molecule has 130 valence electrons. The van der Waals surface area contributed by atoms with E-state index in [0.717, 1.165) is 16.9 Å². The second-order valence-corrected chi connectivity index (χ2v) is 6.87. The van der Waals surface area contributed by atoms with Gasteiger partial charge in [0.25, 0.3) is 0 Å². The van der Waals surface area contributed by atoms with Gasteiger partial charge in [0, 0.05) is 21.4 Å². The number of aromatic nitrogens is 3. The molecule has 0 bridgehead atoms. The van der Waals surface area contributed by atoms with Crippen molar-refractivity contribution in [2.75, 3.05) is 14.2 Å². The standard InChI is InChI=1S/C17H15Cl2N3O2S/c1-23-14-5-3-11(18)7-10(14)9-25-17-20-16(21-22-17)13-8-12(19)4-6-15(13)24-2/h3-8H,9H2,1-2H3,(H,20,21,22). The highest BCUT2D eigenvalue weighted by molar-refractivity contribution is 7.98. The van der Waals surface area contributed by atoms with Crippen LogP contribution < -0.4 is 9.47 Å². The van der Waals surface area contributed by atoms with Crippen LogP contribution in [0.5, 0.6) is 11.5 Å². The van der Waals surface area contributed by atoms with Crippen molar-refractivity contribution in [1.29, 1.82) is 0 Å². The quantitative estimate of drug-likeness (QED) is 0.589. The number of benzene rings is 2. The molecule has 0 saturated carbocycles. The zero-order chi connectivity index (χ0) is 17.8. The lowest BCUT2D eigenvalue weighted by Gasteiger charge is -2.07. The van der Waals surface area contributed by atoms with Crippen LogP contribution in [0, 0.1) is 0 Å². The van der Waals surface area contributed by atoms with E-state index in [1.807, 2.05) is 12.1 Å². The molecular weight excluding hydrogens is 381 g/mol. The summed E-state index contributed by atoms with van der Waals surface area (Å²) in [5, 5.41) is 9.04. The molecule has 8 heteroatoms. The summed E-state index contributed by atoms with van der Waals surface area (Å²) in [6.07, 6.45) is 0. The second kappa shape index (κ2) is 7.99. The number of rotatable bonds is 6. The van der Waals surface area contributed by atoms with Crippen molar-refractivity contribution in [3.8, 4) is 22.9 Å². The molecule has 3 rings (SSSR count). The molecule has 0 atom stereocenters. The van der Waals surface area contributed by atoms with E-state index in [-0.39, 0.29) is 0 Å². The maximum Gasteiger partial charge on any atom is 0.209 e. The van der Waals surface area contributed by atoms with E-state index in [1.165, 1.54) is 11.8 Å². The Kier molecular flexibility index (Phi) is 5.73. The van der Waals surface area contributed by atoms with Crippen molar-refractivity contribution in [2.45, 2.75) is 10.9 Å². The first kappa shape index (κ1) is 17.9. The highest BCUT2D eigenvalue weighted by atomic mass is 35.5. The molecule has 0 amide bonds. The van der Waals surface area contributed by atoms with Gasteiger partial charge in [-0.1, -0.05) is 35.0 Å². The van der Waals surface area contributed by atoms with Gasteiger partial charge in [-0.25, -0.2) is 4.98 Å². The van der Waals surface area contributed by atoms with Crippen molar-refractivity contribution < 1.29 is 9.47 Å². The number of thioether (sulfide) groups is 1. The monoisotopic (exact) mass is 395 g/mol. The number of ether oxygens (including phenoxy) is 2. The Labute approximate surface area is 159 Å². The lowest BCUT2D eigenvalue weighted by Crippen LogP contribution is -1.91. The fourth-order valence-corrected chi connectivity index (χ4v) is 3.44. The largest absolute Gasteiger partial charge is 0.496 e. The molecule has 0 unspecified atom stereocenters. The third-order valence-corrected chi connectivity index (χ3v) is 4.85. The summed E-state index contributed by atoms with van der Waals surface area (Å²) in [5.74, 6) is 2.69. The Balaban J connectivity index is 1.79. The number of aromatic amines is 1. The van der Waals surface area contributed by atoms with E-state index in [2.05, 4.69) is 15.2 Å².